The van der Waals surface area contributed by atoms with Crippen molar-refractivity contribution in [1.29, 1.82) is 5.26 Å². The van der Waals surface area contributed by atoms with Gasteiger partial charge in [0.05, 0.1) is 0 Å². The second-order valence-corrected chi connectivity index (χ2v) is 3.53. The lowest BCUT2D eigenvalue weighted by atomic mass is 10.2. The van der Waals surface area contributed by atoms with Crippen molar-refractivity contribution in [2.75, 3.05) is 18.1 Å². The zero-order valence-corrected chi connectivity index (χ0v) is 10.0. The summed E-state index contributed by atoms with van der Waals surface area (Å²) in [6.45, 7) is 0. The highest BCUT2D eigenvalue weighted by Crippen LogP contribution is 2.26. The molecule has 0 saturated heterocycles. The van der Waals surface area contributed by atoms with E-state index in [2.05, 4.69) is 15.3 Å². The molecule has 0 saturated carbocycles. The maximum Gasteiger partial charge on any atom is 0.226 e. The van der Waals surface area contributed by atoms with Crippen LogP contribution in [-0.4, -0.2) is 17.0 Å². The number of hydrogen-bond acceptors (Lipinski definition) is 6. The lowest BCUT2D eigenvalue weighted by Crippen LogP contribution is -2.02. The van der Waals surface area contributed by atoms with Crippen molar-refractivity contribution in [3.05, 3.63) is 35.6 Å². The first-order valence-corrected chi connectivity index (χ1v) is 5.33. The number of nitrogens with one attached hydrogen (secondary N) is 1. The molecule has 19 heavy (non-hydrogen) atoms. The van der Waals surface area contributed by atoms with E-state index in [4.69, 9.17) is 15.7 Å². The van der Waals surface area contributed by atoms with Crippen LogP contribution in [0, 0.1) is 17.1 Å². The number of nitrogens with zero attached hydrogens (tertiary/aromatic N) is 3. The van der Waals surface area contributed by atoms with Gasteiger partial charge >= 0.3 is 0 Å². The van der Waals surface area contributed by atoms with Gasteiger partial charge in [0.25, 0.3) is 0 Å². The molecule has 6 nitrogen and oxygen atoms in total. The number of nitriles is 1. The highest BCUT2D eigenvalue weighted by Gasteiger charge is 2.11. The largest absolute Gasteiger partial charge is 0.437 e. The van der Waals surface area contributed by atoms with Crippen LogP contribution in [0.15, 0.2) is 24.3 Å². The van der Waals surface area contributed by atoms with E-state index in [1.54, 1.807) is 13.1 Å². The van der Waals surface area contributed by atoms with Crippen LogP contribution in [0.4, 0.5) is 16.2 Å². The second kappa shape index (κ2) is 5.18. The molecule has 1 aromatic carbocycles. The summed E-state index contributed by atoms with van der Waals surface area (Å²) in [7, 11) is 1.66. The number of benzene rings is 1. The van der Waals surface area contributed by atoms with Crippen LogP contribution in [0.25, 0.3) is 0 Å². The van der Waals surface area contributed by atoms with Gasteiger partial charge in [-0.2, -0.15) is 15.2 Å². The van der Waals surface area contributed by atoms with Gasteiger partial charge in [-0.05, 0) is 12.1 Å². The number of nitrogen functional groups attached to an aromatic ring is 1. The lowest BCUT2D eigenvalue weighted by Gasteiger charge is -2.08. The molecule has 0 atom stereocenters. The fraction of sp³-hybridized carbons (Fsp3) is 0.0833. The Morgan fingerprint density at radius 3 is 2.89 bits per heavy atom. The van der Waals surface area contributed by atoms with Crippen LogP contribution in [0.1, 0.15) is 5.56 Å². The Morgan fingerprint density at radius 2 is 2.21 bits per heavy atom. The molecule has 0 aliphatic heterocycles. The number of ether oxygens (including phenoxy) is 1. The summed E-state index contributed by atoms with van der Waals surface area (Å²) < 4.78 is 18.8. The van der Waals surface area contributed by atoms with Crippen LogP contribution >= 0.6 is 0 Å². The first-order valence-electron chi connectivity index (χ1n) is 5.33. The molecule has 0 aliphatic rings. The van der Waals surface area contributed by atoms with Crippen LogP contribution in [0.3, 0.4) is 0 Å². The van der Waals surface area contributed by atoms with Gasteiger partial charge in [0.15, 0.2) is 0 Å². The van der Waals surface area contributed by atoms with Crippen molar-refractivity contribution in [3.8, 4) is 17.7 Å². The molecule has 0 aliphatic carbocycles. The van der Waals surface area contributed by atoms with Crippen molar-refractivity contribution < 1.29 is 9.13 Å². The van der Waals surface area contributed by atoms with Gasteiger partial charge in [0.2, 0.25) is 11.8 Å². The average molecular weight is 259 g/mol. The molecule has 0 fully saturated rings. The van der Waals surface area contributed by atoms with E-state index in [0.29, 0.717) is 5.82 Å². The number of nitrogens with two attached hydrogens (primary N) is 1. The third-order valence-electron chi connectivity index (χ3n) is 2.28. The minimum Gasteiger partial charge on any atom is -0.437 e. The highest BCUT2D eigenvalue weighted by molar-refractivity contribution is 5.48. The summed E-state index contributed by atoms with van der Waals surface area (Å²) >= 11 is 0. The zero-order chi connectivity index (χ0) is 13.8. The molecule has 1 heterocycles. The van der Waals surface area contributed by atoms with Crippen LogP contribution < -0.4 is 15.8 Å². The third-order valence-corrected chi connectivity index (χ3v) is 2.28. The summed E-state index contributed by atoms with van der Waals surface area (Å²) in [4.78, 5) is 7.75. The Kier molecular flexibility index (Phi) is 3.43. The Hall–Kier alpha value is -2.88. The lowest BCUT2D eigenvalue weighted by molar-refractivity contribution is 0.456. The normalized spacial score (nSPS) is 9.74. The van der Waals surface area contributed by atoms with Crippen LogP contribution in [0.2, 0.25) is 0 Å². The first-order chi connectivity index (χ1) is 9.13. The summed E-state index contributed by atoms with van der Waals surface area (Å²) in [5.74, 6) is 0.00615. The molecule has 2 aromatic rings. The minimum atomic E-state index is -0.657. The van der Waals surface area contributed by atoms with E-state index in [-0.39, 0.29) is 23.1 Å². The molecule has 0 bridgehead atoms. The molecular weight excluding hydrogens is 249 g/mol. The van der Waals surface area contributed by atoms with E-state index in [0.717, 1.165) is 0 Å². The number of aromatic nitrogens is 2. The second-order valence-electron chi connectivity index (χ2n) is 3.53. The number of rotatable bonds is 3. The summed E-state index contributed by atoms with van der Waals surface area (Å²) in [6, 6.07) is 7.32. The molecule has 0 amide bonds. The third kappa shape index (κ3) is 2.69. The van der Waals surface area contributed by atoms with Crippen molar-refractivity contribution in [3.63, 3.8) is 0 Å². The predicted octanol–water partition coefficient (Wildman–Crippen LogP) is 1.90. The molecule has 2 rings (SSSR count). The number of halogens is 1. The fourth-order valence-electron chi connectivity index (χ4n) is 1.43. The Labute approximate surface area is 108 Å². The Balaban J connectivity index is 2.39. The number of anilines is 2. The maximum absolute atomic E-state index is 13.4. The van der Waals surface area contributed by atoms with Gasteiger partial charge in [0, 0.05) is 13.1 Å². The molecule has 0 unspecified atom stereocenters. The molecule has 0 radical (unpaired) electrons. The van der Waals surface area contributed by atoms with E-state index < -0.39 is 5.82 Å². The van der Waals surface area contributed by atoms with Crippen molar-refractivity contribution >= 4 is 11.8 Å². The van der Waals surface area contributed by atoms with Gasteiger partial charge in [-0.3, -0.25) is 0 Å². The molecule has 7 heteroatoms. The van der Waals surface area contributed by atoms with Gasteiger partial charge in [-0.1, -0.05) is 6.07 Å². The van der Waals surface area contributed by atoms with E-state index in [1.807, 2.05) is 0 Å². The molecule has 0 spiro atoms. The predicted molar refractivity (Wildman–Crippen MR) is 67.2 cm³/mol. The topological polar surface area (TPSA) is 96.8 Å². The van der Waals surface area contributed by atoms with Crippen molar-refractivity contribution in [2.45, 2.75) is 0 Å². The number of hydrogen-bond donors (Lipinski definition) is 2. The van der Waals surface area contributed by atoms with E-state index >= 15 is 0 Å². The fourth-order valence-corrected chi connectivity index (χ4v) is 1.43. The van der Waals surface area contributed by atoms with E-state index in [1.165, 1.54) is 24.3 Å². The van der Waals surface area contributed by atoms with Gasteiger partial charge in [0.1, 0.15) is 29.0 Å². The average Bonchev–Trinajstić information content (AvgIpc) is 2.38. The Morgan fingerprint density at radius 1 is 1.42 bits per heavy atom. The van der Waals surface area contributed by atoms with Crippen LogP contribution in [-0.2, 0) is 0 Å². The molecule has 96 valence electrons. The van der Waals surface area contributed by atoms with Crippen molar-refractivity contribution in [2.24, 2.45) is 0 Å². The quantitative estimate of drug-likeness (QED) is 0.873. The molecular formula is C12H10FN5O. The van der Waals surface area contributed by atoms with E-state index in [9.17, 15) is 4.39 Å². The monoisotopic (exact) mass is 259 g/mol. The zero-order valence-electron chi connectivity index (χ0n) is 10.0. The molecule has 3 N–H and O–H groups in total. The van der Waals surface area contributed by atoms with Gasteiger partial charge < -0.3 is 15.8 Å². The standard InChI is InChI=1S/C12H10FN5O/c1-16-10-5-11(18-12(15)17-10)19-9-4-2-3-8(13)7(9)6-14/h2-5H,1H3,(H3,15,16,17,18). The maximum atomic E-state index is 13.4. The minimum absolute atomic E-state index is 0.0109. The van der Waals surface area contributed by atoms with Gasteiger partial charge in [-0.15, -0.1) is 0 Å². The summed E-state index contributed by atoms with van der Waals surface area (Å²) in [6.07, 6.45) is 0. The SMILES string of the molecule is CNc1cc(Oc2cccc(F)c2C#N)nc(N)n1. The molecule has 1 aromatic heterocycles. The summed E-state index contributed by atoms with van der Waals surface area (Å²) in [5.41, 5.74) is 5.32. The Bertz CT molecular complexity index is 653. The smallest absolute Gasteiger partial charge is 0.226 e. The highest BCUT2D eigenvalue weighted by atomic mass is 19.1. The first kappa shape index (κ1) is 12.6. The van der Waals surface area contributed by atoms with Gasteiger partial charge in [-0.25, -0.2) is 4.39 Å². The van der Waals surface area contributed by atoms with Crippen molar-refractivity contribution in [1.82, 2.24) is 9.97 Å². The van der Waals surface area contributed by atoms with Crippen LogP contribution in [0.5, 0.6) is 11.6 Å². The summed E-state index contributed by atoms with van der Waals surface area (Å²) in [5, 5.41) is 11.7.